The lowest BCUT2D eigenvalue weighted by Gasteiger charge is -2.10. The van der Waals surface area contributed by atoms with Gasteiger partial charge < -0.3 is 10.1 Å². The summed E-state index contributed by atoms with van der Waals surface area (Å²) in [7, 11) is 0. The summed E-state index contributed by atoms with van der Waals surface area (Å²) in [6, 6.07) is 22.2. The summed E-state index contributed by atoms with van der Waals surface area (Å²) in [5.74, 6) is 1.30. The van der Waals surface area contributed by atoms with Crippen LogP contribution in [0.4, 0.5) is 17.1 Å². The van der Waals surface area contributed by atoms with Gasteiger partial charge >= 0.3 is 0 Å². The molecule has 3 aromatic rings. The summed E-state index contributed by atoms with van der Waals surface area (Å²) in [6.45, 7) is 0. The Labute approximate surface area is 154 Å². The second-order valence-corrected chi connectivity index (χ2v) is 5.46. The number of anilines is 2. The van der Waals surface area contributed by atoms with Gasteiger partial charge in [0, 0.05) is 11.8 Å². The fourth-order valence-electron chi connectivity index (χ4n) is 2.41. The van der Waals surface area contributed by atoms with Crippen LogP contribution >= 0.6 is 0 Å². The zero-order valence-electron chi connectivity index (χ0n) is 13.9. The van der Waals surface area contributed by atoms with Crippen LogP contribution in [0.15, 0.2) is 66.7 Å². The first-order chi connectivity index (χ1) is 13.1. The van der Waals surface area contributed by atoms with Crippen molar-refractivity contribution in [2.24, 2.45) is 0 Å². The molecular formula is C20H12N4O3. The van der Waals surface area contributed by atoms with Crippen molar-refractivity contribution >= 4 is 17.1 Å². The first-order valence-electron chi connectivity index (χ1n) is 7.83. The van der Waals surface area contributed by atoms with E-state index in [9.17, 15) is 10.1 Å². The summed E-state index contributed by atoms with van der Waals surface area (Å²) in [5, 5.41) is 32.4. The quantitative estimate of drug-likeness (QED) is 0.515. The van der Waals surface area contributed by atoms with Gasteiger partial charge in [-0.15, -0.1) is 0 Å². The van der Waals surface area contributed by atoms with Gasteiger partial charge in [-0.05, 0) is 42.5 Å². The van der Waals surface area contributed by atoms with Crippen LogP contribution in [0, 0.1) is 32.8 Å². The number of hydrogen-bond acceptors (Lipinski definition) is 6. The normalized spacial score (nSPS) is 9.70. The summed E-state index contributed by atoms with van der Waals surface area (Å²) in [5.41, 5.74) is 0.450. The van der Waals surface area contributed by atoms with Crippen LogP contribution in [0.2, 0.25) is 0 Å². The fourth-order valence-corrected chi connectivity index (χ4v) is 2.41. The average Bonchev–Trinajstić information content (AvgIpc) is 2.69. The lowest BCUT2D eigenvalue weighted by molar-refractivity contribution is -0.383. The van der Waals surface area contributed by atoms with Crippen molar-refractivity contribution in [3.63, 3.8) is 0 Å². The molecule has 3 rings (SSSR count). The molecule has 0 aliphatic heterocycles. The molecule has 0 saturated heterocycles. The molecule has 0 saturated carbocycles. The molecule has 0 radical (unpaired) electrons. The highest BCUT2D eigenvalue weighted by atomic mass is 16.6. The highest BCUT2D eigenvalue weighted by Crippen LogP contribution is 2.31. The Hall–Kier alpha value is -4.36. The first kappa shape index (κ1) is 17.5. The Bertz CT molecular complexity index is 1070. The maximum Gasteiger partial charge on any atom is 0.294 e. The Morgan fingerprint density at radius 2 is 1.48 bits per heavy atom. The zero-order valence-corrected chi connectivity index (χ0v) is 13.9. The average molecular weight is 356 g/mol. The van der Waals surface area contributed by atoms with Crippen molar-refractivity contribution in [2.45, 2.75) is 0 Å². The minimum Gasteiger partial charge on any atom is -0.457 e. The number of nitriles is 2. The van der Waals surface area contributed by atoms with Crippen LogP contribution in [-0.2, 0) is 0 Å². The van der Waals surface area contributed by atoms with Crippen LogP contribution in [0.5, 0.6) is 11.5 Å². The maximum absolute atomic E-state index is 11.3. The molecule has 0 aliphatic carbocycles. The number of nitrogens with one attached hydrogen (secondary N) is 1. The third-order valence-corrected chi connectivity index (χ3v) is 3.69. The van der Waals surface area contributed by atoms with E-state index in [1.165, 1.54) is 6.07 Å². The van der Waals surface area contributed by atoms with Gasteiger partial charge in [-0.2, -0.15) is 10.5 Å². The Kier molecular flexibility index (Phi) is 4.97. The molecule has 7 nitrogen and oxygen atoms in total. The molecular weight excluding hydrogens is 344 g/mol. The van der Waals surface area contributed by atoms with Crippen LogP contribution in [0.1, 0.15) is 11.1 Å². The number of benzene rings is 3. The molecule has 0 amide bonds. The van der Waals surface area contributed by atoms with Crippen molar-refractivity contribution in [3.8, 4) is 23.6 Å². The number of ether oxygens (including phenoxy) is 1. The van der Waals surface area contributed by atoms with Gasteiger partial charge in [0.1, 0.15) is 29.3 Å². The monoisotopic (exact) mass is 356 g/mol. The molecule has 0 atom stereocenters. The third kappa shape index (κ3) is 4.01. The lowest BCUT2D eigenvalue weighted by Crippen LogP contribution is -1.99. The van der Waals surface area contributed by atoms with Gasteiger partial charge in [-0.1, -0.05) is 18.2 Å². The minimum absolute atomic E-state index is 0.0404. The highest BCUT2D eigenvalue weighted by Gasteiger charge is 2.18. The highest BCUT2D eigenvalue weighted by molar-refractivity contribution is 5.74. The standard InChI is InChI=1S/C20H12N4O3/c21-12-14-10-19(20(24(25)26)11-15(14)13-22)23-16-6-8-18(9-7-16)27-17-4-2-1-3-5-17/h1-11,23H. The predicted octanol–water partition coefficient (Wildman–Crippen LogP) is 4.87. The number of rotatable bonds is 5. The molecule has 0 bridgehead atoms. The molecule has 0 fully saturated rings. The Morgan fingerprint density at radius 1 is 0.889 bits per heavy atom. The maximum atomic E-state index is 11.3. The van der Waals surface area contributed by atoms with Gasteiger partial charge in [-0.3, -0.25) is 10.1 Å². The van der Waals surface area contributed by atoms with Gasteiger partial charge in [0.05, 0.1) is 16.1 Å². The van der Waals surface area contributed by atoms with Crippen molar-refractivity contribution in [3.05, 3.63) is 88.0 Å². The molecule has 0 unspecified atom stereocenters. The van der Waals surface area contributed by atoms with Crippen molar-refractivity contribution in [2.75, 3.05) is 5.32 Å². The lowest BCUT2D eigenvalue weighted by atomic mass is 10.1. The Morgan fingerprint density at radius 3 is 2.07 bits per heavy atom. The molecule has 0 heterocycles. The minimum atomic E-state index is -0.600. The molecule has 1 N–H and O–H groups in total. The van der Waals surface area contributed by atoms with E-state index in [1.807, 2.05) is 36.4 Å². The smallest absolute Gasteiger partial charge is 0.294 e. The van der Waals surface area contributed by atoms with Gasteiger partial charge in [0.15, 0.2) is 0 Å². The second-order valence-electron chi connectivity index (χ2n) is 5.46. The van der Waals surface area contributed by atoms with Crippen molar-refractivity contribution in [1.29, 1.82) is 10.5 Å². The first-order valence-corrected chi connectivity index (χ1v) is 7.83. The van der Waals surface area contributed by atoms with E-state index >= 15 is 0 Å². The molecule has 3 aromatic carbocycles. The molecule has 0 aromatic heterocycles. The van der Waals surface area contributed by atoms with E-state index in [0.717, 1.165) is 6.07 Å². The second kappa shape index (κ2) is 7.68. The molecule has 0 aliphatic rings. The van der Waals surface area contributed by atoms with E-state index in [0.29, 0.717) is 17.2 Å². The zero-order chi connectivity index (χ0) is 19.2. The summed E-state index contributed by atoms with van der Waals surface area (Å²) in [6.07, 6.45) is 0. The third-order valence-electron chi connectivity index (χ3n) is 3.69. The van der Waals surface area contributed by atoms with Gasteiger partial charge in [0.25, 0.3) is 5.69 Å². The van der Waals surface area contributed by atoms with E-state index in [2.05, 4.69) is 5.32 Å². The molecule has 27 heavy (non-hydrogen) atoms. The van der Waals surface area contributed by atoms with Gasteiger partial charge in [-0.25, -0.2) is 0 Å². The van der Waals surface area contributed by atoms with E-state index in [1.54, 1.807) is 30.3 Å². The molecule has 130 valence electrons. The van der Waals surface area contributed by atoms with Crippen LogP contribution in [0.3, 0.4) is 0 Å². The predicted molar refractivity (Wildman–Crippen MR) is 98.8 cm³/mol. The summed E-state index contributed by atoms with van der Waals surface area (Å²) in [4.78, 5) is 10.7. The van der Waals surface area contributed by atoms with Crippen LogP contribution < -0.4 is 10.1 Å². The Balaban J connectivity index is 1.86. The summed E-state index contributed by atoms with van der Waals surface area (Å²) < 4.78 is 5.70. The van der Waals surface area contributed by atoms with Crippen LogP contribution in [0.25, 0.3) is 0 Å². The number of nitrogens with zero attached hydrogens (tertiary/aromatic N) is 3. The largest absolute Gasteiger partial charge is 0.457 e. The molecule has 0 spiro atoms. The van der Waals surface area contributed by atoms with Crippen molar-refractivity contribution < 1.29 is 9.66 Å². The van der Waals surface area contributed by atoms with E-state index < -0.39 is 4.92 Å². The van der Waals surface area contributed by atoms with E-state index in [-0.39, 0.29) is 22.5 Å². The fraction of sp³-hybridized carbons (Fsp3) is 0. The van der Waals surface area contributed by atoms with Gasteiger partial charge in [0.2, 0.25) is 0 Å². The summed E-state index contributed by atoms with van der Waals surface area (Å²) >= 11 is 0. The number of nitro benzene ring substituents is 1. The number of nitro groups is 1. The van der Waals surface area contributed by atoms with Crippen LogP contribution in [-0.4, -0.2) is 4.92 Å². The van der Waals surface area contributed by atoms with Crippen molar-refractivity contribution in [1.82, 2.24) is 0 Å². The number of para-hydroxylation sites is 1. The molecule has 7 heteroatoms. The van der Waals surface area contributed by atoms with E-state index in [4.69, 9.17) is 15.3 Å². The topological polar surface area (TPSA) is 112 Å². The SMILES string of the molecule is N#Cc1cc(Nc2ccc(Oc3ccccc3)cc2)c([N+](=O)[O-])cc1C#N. The number of hydrogen-bond donors (Lipinski definition) is 1.